The zero-order valence-electron chi connectivity index (χ0n) is 10.7. The average Bonchev–Trinajstić information content (AvgIpc) is 2.14. The van der Waals surface area contributed by atoms with Gasteiger partial charge in [-0.15, -0.1) is 0 Å². The van der Waals surface area contributed by atoms with Crippen LogP contribution in [0.3, 0.4) is 0 Å². The lowest BCUT2D eigenvalue weighted by Crippen LogP contribution is -2.52. The largest absolute Gasteiger partial charge is 0.480 e. The molecule has 0 aromatic heterocycles. The van der Waals surface area contributed by atoms with Gasteiger partial charge in [-0.3, -0.25) is 0 Å². The molecule has 0 rings (SSSR count). The highest BCUT2D eigenvalue weighted by molar-refractivity contribution is 5.82. The molecule has 0 aliphatic heterocycles. The Morgan fingerprint density at radius 1 is 1.44 bits per heavy atom. The summed E-state index contributed by atoms with van der Waals surface area (Å²) in [5, 5.41) is 11.6. The van der Waals surface area contributed by atoms with Gasteiger partial charge in [0.05, 0.1) is 0 Å². The van der Waals surface area contributed by atoms with E-state index in [1.54, 1.807) is 0 Å². The van der Waals surface area contributed by atoms with Crippen LogP contribution in [0.1, 0.15) is 40.5 Å². The van der Waals surface area contributed by atoms with Gasteiger partial charge in [0, 0.05) is 12.6 Å². The SMILES string of the molecule is CCCC(C)(C)NC(=O)N(C)C(C)C(=O)O. The van der Waals surface area contributed by atoms with E-state index in [4.69, 9.17) is 5.11 Å². The number of carboxylic acids is 1. The number of urea groups is 1. The summed E-state index contributed by atoms with van der Waals surface area (Å²) in [5.74, 6) is -1.01. The number of hydrogen-bond acceptors (Lipinski definition) is 2. The van der Waals surface area contributed by atoms with Crippen molar-refractivity contribution in [1.29, 1.82) is 0 Å². The Morgan fingerprint density at radius 2 is 1.94 bits per heavy atom. The number of carbonyl (C=O) groups excluding carboxylic acids is 1. The minimum absolute atomic E-state index is 0.307. The van der Waals surface area contributed by atoms with E-state index in [0.29, 0.717) is 0 Å². The third-order valence-corrected chi connectivity index (χ3v) is 2.58. The number of carboxylic acid groups (broad SMARTS) is 1. The minimum atomic E-state index is -1.01. The zero-order chi connectivity index (χ0) is 12.9. The van der Waals surface area contributed by atoms with Gasteiger partial charge >= 0.3 is 12.0 Å². The van der Waals surface area contributed by atoms with Crippen LogP contribution < -0.4 is 5.32 Å². The second-order valence-corrected chi connectivity index (χ2v) is 4.69. The molecule has 0 bridgehead atoms. The van der Waals surface area contributed by atoms with Crippen molar-refractivity contribution in [2.75, 3.05) is 7.05 Å². The van der Waals surface area contributed by atoms with E-state index in [-0.39, 0.29) is 11.6 Å². The number of amides is 2. The lowest BCUT2D eigenvalue weighted by molar-refractivity contribution is -0.141. The molecule has 0 spiro atoms. The van der Waals surface area contributed by atoms with E-state index in [1.165, 1.54) is 18.9 Å². The second-order valence-electron chi connectivity index (χ2n) is 4.69. The van der Waals surface area contributed by atoms with Gasteiger partial charge in [0.25, 0.3) is 0 Å². The molecule has 0 aromatic rings. The molecule has 5 heteroatoms. The Bertz CT molecular complexity index is 264. The van der Waals surface area contributed by atoms with Crippen molar-refractivity contribution in [2.24, 2.45) is 0 Å². The van der Waals surface area contributed by atoms with Crippen LogP contribution in [0.5, 0.6) is 0 Å². The predicted octanol–water partition coefficient (Wildman–Crippen LogP) is 1.68. The molecule has 0 aliphatic rings. The van der Waals surface area contributed by atoms with E-state index in [0.717, 1.165) is 12.8 Å². The molecule has 0 aliphatic carbocycles. The van der Waals surface area contributed by atoms with Crippen molar-refractivity contribution in [3.05, 3.63) is 0 Å². The third kappa shape index (κ3) is 4.51. The van der Waals surface area contributed by atoms with Gasteiger partial charge in [0.1, 0.15) is 6.04 Å². The molecule has 1 atom stereocenters. The molecule has 0 aromatic carbocycles. The lowest BCUT2D eigenvalue weighted by atomic mass is 9.99. The number of hydrogen-bond donors (Lipinski definition) is 2. The zero-order valence-corrected chi connectivity index (χ0v) is 10.7. The maximum Gasteiger partial charge on any atom is 0.326 e. The van der Waals surface area contributed by atoms with E-state index >= 15 is 0 Å². The molecule has 0 heterocycles. The Kier molecular flexibility index (Phi) is 5.27. The predicted molar refractivity (Wildman–Crippen MR) is 62.4 cm³/mol. The summed E-state index contributed by atoms with van der Waals surface area (Å²) >= 11 is 0. The summed E-state index contributed by atoms with van der Waals surface area (Å²) in [6.45, 7) is 7.37. The summed E-state index contributed by atoms with van der Waals surface area (Å²) in [7, 11) is 1.48. The van der Waals surface area contributed by atoms with E-state index < -0.39 is 12.0 Å². The molecule has 0 saturated heterocycles. The van der Waals surface area contributed by atoms with Crippen molar-refractivity contribution in [2.45, 2.75) is 52.1 Å². The Hall–Kier alpha value is -1.26. The van der Waals surface area contributed by atoms with Gasteiger partial charge in [-0.2, -0.15) is 0 Å². The number of rotatable bonds is 5. The van der Waals surface area contributed by atoms with Gasteiger partial charge in [-0.25, -0.2) is 9.59 Å². The van der Waals surface area contributed by atoms with Crippen LogP contribution in [0.15, 0.2) is 0 Å². The Balaban J connectivity index is 4.41. The van der Waals surface area contributed by atoms with Crippen molar-refractivity contribution < 1.29 is 14.7 Å². The van der Waals surface area contributed by atoms with Crippen LogP contribution in [-0.4, -0.2) is 40.6 Å². The van der Waals surface area contributed by atoms with Crippen LogP contribution in [0, 0.1) is 0 Å². The van der Waals surface area contributed by atoms with Crippen molar-refractivity contribution in [1.82, 2.24) is 10.2 Å². The highest BCUT2D eigenvalue weighted by atomic mass is 16.4. The van der Waals surface area contributed by atoms with Crippen LogP contribution in [0.4, 0.5) is 4.79 Å². The first-order valence-corrected chi connectivity index (χ1v) is 5.49. The number of nitrogens with zero attached hydrogens (tertiary/aromatic N) is 1. The summed E-state index contributed by atoms with van der Waals surface area (Å²) in [5.41, 5.74) is -0.307. The second kappa shape index (κ2) is 5.72. The molecule has 1 unspecified atom stereocenters. The molecule has 2 N–H and O–H groups in total. The average molecular weight is 230 g/mol. The van der Waals surface area contributed by atoms with Gasteiger partial charge in [-0.1, -0.05) is 13.3 Å². The molecule has 0 saturated carbocycles. The van der Waals surface area contributed by atoms with Crippen molar-refractivity contribution >= 4 is 12.0 Å². The van der Waals surface area contributed by atoms with Gasteiger partial charge < -0.3 is 15.3 Å². The number of carbonyl (C=O) groups is 2. The monoisotopic (exact) mass is 230 g/mol. The summed E-state index contributed by atoms with van der Waals surface area (Å²) in [6, 6.07) is -1.18. The molecule has 0 radical (unpaired) electrons. The van der Waals surface area contributed by atoms with Crippen molar-refractivity contribution in [3.63, 3.8) is 0 Å². The molecule has 2 amide bonds. The fraction of sp³-hybridized carbons (Fsp3) is 0.818. The highest BCUT2D eigenvalue weighted by Crippen LogP contribution is 2.11. The molecular weight excluding hydrogens is 208 g/mol. The molecule has 16 heavy (non-hydrogen) atoms. The molecule has 94 valence electrons. The van der Waals surface area contributed by atoms with E-state index in [2.05, 4.69) is 5.32 Å². The van der Waals surface area contributed by atoms with Gasteiger partial charge in [0.2, 0.25) is 0 Å². The number of aliphatic carboxylic acids is 1. The maximum absolute atomic E-state index is 11.7. The number of likely N-dealkylation sites (N-methyl/N-ethyl adjacent to an activating group) is 1. The van der Waals surface area contributed by atoms with Crippen LogP contribution in [0.2, 0.25) is 0 Å². The normalized spacial score (nSPS) is 13.1. The first kappa shape index (κ1) is 14.7. The van der Waals surface area contributed by atoms with Gasteiger partial charge in [-0.05, 0) is 27.2 Å². The number of nitrogens with one attached hydrogen (secondary N) is 1. The Labute approximate surface area is 96.8 Å². The summed E-state index contributed by atoms with van der Waals surface area (Å²) in [4.78, 5) is 23.6. The Morgan fingerprint density at radius 3 is 2.31 bits per heavy atom. The minimum Gasteiger partial charge on any atom is -0.480 e. The van der Waals surface area contributed by atoms with Gasteiger partial charge in [0.15, 0.2) is 0 Å². The first-order valence-electron chi connectivity index (χ1n) is 5.49. The first-order chi connectivity index (χ1) is 7.21. The van der Waals surface area contributed by atoms with Crippen LogP contribution >= 0.6 is 0 Å². The maximum atomic E-state index is 11.7. The standard InChI is InChI=1S/C11H22N2O3/c1-6-7-11(3,4)12-10(16)13(5)8(2)9(14)15/h8H,6-7H2,1-5H3,(H,12,16)(H,14,15). The molecular formula is C11H22N2O3. The van der Waals surface area contributed by atoms with Crippen LogP contribution in [-0.2, 0) is 4.79 Å². The topological polar surface area (TPSA) is 69.6 Å². The fourth-order valence-electron chi connectivity index (χ4n) is 1.41. The third-order valence-electron chi connectivity index (χ3n) is 2.58. The smallest absolute Gasteiger partial charge is 0.326 e. The van der Waals surface area contributed by atoms with Crippen LogP contribution in [0.25, 0.3) is 0 Å². The summed E-state index contributed by atoms with van der Waals surface area (Å²) < 4.78 is 0. The molecule has 5 nitrogen and oxygen atoms in total. The molecule has 0 fully saturated rings. The quantitative estimate of drug-likeness (QED) is 0.755. The lowest BCUT2D eigenvalue weighted by Gasteiger charge is -2.30. The van der Waals surface area contributed by atoms with E-state index in [9.17, 15) is 9.59 Å². The highest BCUT2D eigenvalue weighted by Gasteiger charge is 2.26. The van der Waals surface area contributed by atoms with E-state index in [1.807, 2.05) is 20.8 Å². The fourth-order valence-corrected chi connectivity index (χ4v) is 1.41. The van der Waals surface area contributed by atoms with Crippen molar-refractivity contribution in [3.8, 4) is 0 Å². The summed E-state index contributed by atoms with van der Waals surface area (Å²) in [6.07, 6.45) is 1.82.